The summed E-state index contributed by atoms with van der Waals surface area (Å²) in [5.41, 5.74) is 0. The first-order valence-corrected chi connectivity index (χ1v) is 4.80. The minimum absolute atomic E-state index is 0.242. The number of fused-ring (bicyclic) bond motifs is 1. The molecular formula is C9H12N2O. The summed E-state index contributed by atoms with van der Waals surface area (Å²) in [4.78, 5) is 11.7. The minimum Gasteiger partial charge on any atom is -0.299 e. The fourth-order valence-corrected chi connectivity index (χ4v) is 2.87. The maximum Gasteiger partial charge on any atom is 0.143 e. The molecule has 0 spiro atoms. The minimum atomic E-state index is 0.242. The molecule has 64 valence electrons. The first kappa shape index (κ1) is 6.75. The molecule has 2 heterocycles. The van der Waals surface area contributed by atoms with Crippen LogP contribution in [-0.4, -0.2) is 17.9 Å². The monoisotopic (exact) mass is 164 g/mol. The third-order valence-corrected chi connectivity index (χ3v) is 3.57. The van der Waals surface area contributed by atoms with Crippen molar-refractivity contribution in [2.75, 3.05) is 0 Å². The van der Waals surface area contributed by atoms with Crippen LogP contribution in [0, 0.1) is 11.8 Å². The lowest BCUT2D eigenvalue weighted by Crippen LogP contribution is -2.21. The highest BCUT2D eigenvalue weighted by Gasteiger charge is 2.48. The van der Waals surface area contributed by atoms with Crippen molar-refractivity contribution in [3.05, 3.63) is 0 Å². The smallest absolute Gasteiger partial charge is 0.143 e. The van der Waals surface area contributed by atoms with Crippen LogP contribution in [-0.2, 0) is 4.79 Å². The summed E-state index contributed by atoms with van der Waals surface area (Å²) in [6.07, 6.45) is 4.34. The van der Waals surface area contributed by atoms with E-state index in [0.717, 1.165) is 25.7 Å². The summed E-state index contributed by atoms with van der Waals surface area (Å²) in [7, 11) is 0. The van der Waals surface area contributed by atoms with Gasteiger partial charge in [0.25, 0.3) is 0 Å². The van der Waals surface area contributed by atoms with Gasteiger partial charge in [-0.05, 0) is 25.7 Å². The first-order chi connectivity index (χ1) is 5.86. The number of carbonyl (C=O) groups is 1. The molecule has 2 aliphatic heterocycles. The van der Waals surface area contributed by atoms with Crippen molar-refractivity contribution in [3.8, 4) is 0 Å². The molecule has 4 bridgehead atoms. The van der Waals surface area contributed by atoms with Gasteiger partial charge in [-0.15, -0.1) is 0 Å². The van der Waals surface area contributed by atoms with Gasteiger partial charge in [0.2, 0.25) is 0 Å². The van der Waals surface area contributed by atoms with Gasteiger partial charge in [-0.2, -0.15) is 10.2 Å². The number of Topliss-reactive ketones (excluding diaryl/α,β-unsaturated/α-hetero) is 1. The Morgan fingerprint density at radius 1 is 0.917 bits per heavy atom. The Hall–Kier alpha value is -0.730. The molecule has 4 unspecified atom stereocenters. The van der Waals surface area contributed by atoms with E-state index in [1.165, 1.54) is 0 Å². The van der Waals surface area contributed by atoms with Crippen molar-refractivity contribution in [2.24, 2.45) is 22.1 Å². The molecule has 2 aliphatic carbocycles. The first-order valence-electron chi connectivity index (χ1n) is 4.80. The van der Waals surface area contributed by atoms with E-state index in [2.05, 4.69) is 10.2 Å². The average molecular weight is 164 g/mol. The second-order valence-electron chi connectivity index (χ2n) is 4.14. The quantitative estimate of drug-likeness (QED) is 0.536. The van der Waals surface area contributed by atoms with Crippen LogP contribution >= 0.6 is 0 Å². The van der Waals surface area contributed by atoms with Gasteiger partial charge in [0.05, 0.1) is 12.1 Å². The van der Waals surface area contributed by atoms with E-state index >= 15 is 0 Å². The zero-order valence-corrected chi connectivity index (χ0v) is 6.94. The molecule has 4 aliphatic rings. The molecule has 0 amide bonds. The van der Waals surface area contributed by atoms with Crippen molar-refractivity contribution in [1.29, 1.82) is 0 Å². The number of hydrogen-bond acceptors (Lipinski definition) is 3. The topological polar surface area (TPSA) is 41.8 Å². The Morgan fingerprint density at radius 3 is 1.83 bits per heavy atom. The lowest BCUT2D eigenvalue weighted by Gasteiger charge is -2.22. The molecule has 4 rings (SSSR count). The van der Waals surface area contributed by atoms with Crippen LogP contribution in [0.4, 0.5) is 0 Å². The number of carbonyl (C=O) groups excluding carboxylic acids is 1. The van der Waals surface area contributed by atoms with Crippen LogP contribution in [0.25, 0.3) is 0 Å². The van der Waals surface area contributed by atoms with Crippen molar-refractivity contribution in [1.82, 2.24) is 0 Å². The summed E-state index contributed by atoms with van der Waals surface area (Å²) in [6, 6.07) is 0.502. The Balaban J connectivity index is 2.08. The third kappa shape index (κ3) is 0.692. The molecule has 0 radical (unpaired) electrons. The normalized spacial score (nSPS) is 49.8. The predicted octanol–water partition coefficient (Wildman–Crippen LogP) is 1.58. The average Bonchev–Trinajstić information content (AvgIpc) is 2.32. The van der Waals surface area contributed by atoms with Gasteiger partial charge < -0.3 is 0 Å². The maximum atomic E-state index is 11.7. The Bertz CT molecular complexity index is 237. The van der Waals surface area contributed by atoms with E-state index in [0.29, 0.717) is 5.78 Å². The molecular weight excluding hydrogens is 152 g/mol. The van der Waals surface area contributed by atoms with Crippen LogP contribution in [0.5, 0.6) is 0 Å². The van der Waals surface area contributed by atoms with Gasteiger partial charge in [0, 0.05) is 11.8 Å². The van der Waals surface area contributed by atoms with Crippen LogP contribution in [0.2, 0.25) is 0 Å². The molecule has 0 saturated heterocycles. The maximum absolute atomic E-state index is 11.7. The van der Waals surface area contributed by atoms with Gasteiger partial charge in [0.1, 0.15) is 5.78 Å². The van der Waals surface area contributed by atoms with Crippen molar-refractivity contribution < 1.29 is 4.79 Å². The lowest BCUT2D eigenvalue weighted by molar-refractivity contribution is -0.123. The number of ketones is 1. The van der Waals surface area contributed by atoms with Crippen LogP contribution in [0.15, 0.2) is 10.2 Å². The van der Waals surface area contributed by atoms with Crippen molar-refractivity contribution in [3.63, 3.8) is 0 Å². The highest BCUT2D eigenvalue weighted by molar-refractivity contribution is 5.87. The second kappa shape index (κ2) is 2.15. The summed E-state index contributed by atoms with van der Waals surface area (Å²) >= 11 is 0. The van der Waals surface area contributed by atoms with E-state index < -0.39 is 0 Å². The Labute approximate surface area is 71.2 Å². The second-order valence-corrected chi connectivity index (χ2v) is 4.14. The predicted molar refractivity (Wildman–Crippen MR) is 42.9 cm³/mol. The fraction of sp³-hybridized carbons (Fsp3) is 0.889. The number of rotatable bonds is 0. The van der Waals surface area contributed by atoms with Gasteiger partial charge in [-0.25, -0.2) is 0 Å². The van der Waals surface area contributed by atoms with Gasteiger partial charge in [-0.1, -0.05) is 0 Å². The molecule has 2 fully saturated rings. The summed E-state index contributed by atoms with van der Waals surface area (Å²) in [5, 5.41) is 8.46. The molecule has 0 aromatic carbocycles. The fourth-order valence-electron chi connectivity index (χ4n) is 2.87. The van der Waals surface area contributed by atoms with E-state index in [-0.39, 0.29) is 23.9 Å². The molecule has 0 aromatic rings. The molecule has 3 nitrogen and oxygen atoms in total. The third-order valence-electron chi connectivity index (χ3n) is 3.57. The van der Waals surface area contributed by atoms with E-state index in [1.807, 2.05) is 0 Å². The summed E-state index contributed by atoms with van der Waals surface area (Å²) in [5.74, 6) is 0.949. The molecule has 0 aromatic heterocycles. The molecule has 3 heteroatoms. The Kier molecular flexibility index (Phi) is 1.21. The Morgan fingerprint density at radius 2 is 1.42 bits per heavy atom. The lowest BCUT2D eigenvalue weighted by atomic mass is 9.93. The van der Waals surface area contributed by atoms with E-state index in [1.54, 1.807) is 0 Å². The molecule has 2 saturated carbocycles. The molecule has 0 N–H and O–H groups in total. The van der Waals surface area contributed by atoms with Gasteiger partial charge in [-0.3, -0.25) is 4.79 Å². The van der Waals surface area contributed by atoms with Crippen LogP contribution < -0.4 is 0 Å². The van der Waals surface area contributed by atoms with Crippen molar-refractivity contribution in [2.45, 2.75) is 37.8 Å². The number of nitrogens with zero attached hydrogens (tertiary/aromatic N) is 2. The van der Waals surface area contributed by atoms with Crippen molar-refractivity contribution >= 4 is 5.78 Å². The zero-order valence-electron chi connectivity index (χ0n) is 6.94. The molecule has 12 heavy (non-hydrogen) atoms. The van der Waals surface area contributed by atoms with E-state index in [9.17, 15) is 4.79 Å². The van der Waals surface area contributed by atoms with Gasteiger partial charge in [0.15, 0.2) is 0 Å². The van der Waals surface area contributed by atoms with Crippen LogP contribution in [0.1, 0.15) is 25.7 Å². The SMILES string of the molecule is O=C1C2CCC1C1CCC2N=N1. The zero-order chi connectivity index (χ0) is 8.13. The highest BCUT2D eigenvalue weighted by atomic mass is 16.1. The van der Waals surface area contributed by atoms with E-state index in [4.69, 9.17) is 0 Å². The molecule has 4 atom stereocenters. The largest absolute Gasteiger partial charge is 0.299 e. The highest BCUT2D eigenvalue weighted by Crippen LogP contribution is 2.43. The number of hydrogen-bond donors (Lipinski definition) is 0. The number of azo groups is 1. The summed E-state index contributed by atoms with van der Waals surface area (Å²) in [6.45, 7) is 0. The standard InChI is InChI=1S/C9H12N2O/c12-9-5-1-2-6(9)8-4-3-7(5)10-11-8/h5-8H,1-4H2. The van der Waals surface area contributed by atoms with Crippen LogP contribution in [0.3, 0.4) is 0 Å². The summed E-state index contributed by atoms with van der Waals surface area (Å²) < 4.78 is 0. The van der Waals surface area contributed by atoms with Gasteiger partial charge >= 0.3 is 0 Å².